The normalized spacial score (nSPS) is 15.4. The van der Waals surface area contributed by atoms with Crippen molar-refractivity contribution in [3.63, 3.8) is 0 Å². The molecule has 0 unspecified atom stereocenters. The van der Waals surface area contributed by atoms with Crippen molar-refractivity contribution in [1.29, 1.82) is 0 Å². The molecular weight excluding hydrogens is 382 g/mol. The van der Waals surface area contributed by atoms with Crippen LogP contribution in [0.5, 0.6) is 0 Å². The summed E-state index contributed by atoms with van der Waals surface area (Å²) in [6.45, 7) is 2.22. The van der Waals surface area contributed by atoms with Gasteiger partial charge in [-0.15, -0.1) is 11.3 Å². The Labute approximate surface area is 174 Å². The van der Waals surface area contributed by atoms with Gasteiger partial charge < -0.3 is 10.1 Å². The second-order valence-electron chi connectivity index (χ2n) is 7.44. The van der Waals surface area contributed by atoms with Crippen LogP contribution in [0.15, 0.2) is 54.6 Å². The predicted octanol–water partition coefficient (Wildman–Crippen LogP) is 5.58. The van der Waals surface area contributed by atoms with Crippen molar-refractivity contribution in [1.82, 2.24) is 0 Å². The van der Waals surface area contributed by atoms with Gasteiger partial charge in [-0.05, 0) is 54.0 Å². The first kappa shape index (κ1) is 19.4. The summed E-state index contributed by atoms with van der Waals surface area (Å²) < 4.78 is 5.00. The van der Waals surface area contributed by atoms with Gasteiger partial charge in [-0.1, -0.05) is 49.4 Å². The molecule has 4 nitrogen and oxygen atoms in total. The van der Waals surface area contributed by atoms with Crippen LogP contribution >= 0.6 is 11.3 Å². The zero-order valence-corrected chi connectivity index (χ0v) is 17.3. The highest BCUT2D eigenvalue weighted by molar-refractivity contribution is 7.17. The Morgan fingerprint density at radius 2 is 1.72 bits per heavy atom. The van der Waals surface area contributed by atoms with Gasteiger partial charge in [0.15, 0.2) is 0 Å². The molecule has 29 heavy (non-hydrogen) atoms. The van der Waals surface area contributed by atoms with Crippen LogP contribution in [0.3, 0.4) is 0 Å². The maximum atomic E-state index is 12.8. The number of benzene rings is 2. The fourth-order valence-corrected chi connectivity index (χ4v) is 5.17. The number of fused-ring (bicyclic) bond motifs is 1. The van der Waals surface area contributed by atoms with Crippen molar-refractivity contribution < 1.29 is 14.3 Å². The number of nitrogens with one attached hydrogen (secondary N) is 1. The average molecular weight is 406 g/mol. The molecule has 0 saturated heterocycles. The lowest BCUT2D eigenvalue weighted by molar-refractivity contribution is 0.0601. The molecule has 0 spiro atoms. The standard InChI is InChI=1S/C24H23NO3S/c1-15-8-13-19-20(14-15)29-23(21(19)24(27)28-2)25-22(26)18-11-9-17(10-12-18)16-6-4-3-5-7-16/h3-7,9-12,15H,8,13-14H2,1-2H3,(H,25,26)/t15-/m0/s1. The Kier molecular flexibility index (Phi) is 5.49. The van der Waals surface area contributed by atoms with E-state index in [0.29, 0.717) is 22.0 Å². The zero-order chi connectivity index (χ0) is 20.4. The highest BCUT2D eigenvalue weighted by atomic mass is 32.1. The highest BCUT2D eigenvalue weighted by Crippen LogP contribution is 2.40. The fraction of sp³-hybridized carbons (Fsp3) is 0.250. The van der Waals surface area contributed by atoms with E-state index in [1.54, 1.807) is 0 Å². The molecule has 3 aromatic rings. The third-order valence-corrected chi connectivity index (χ3v) is 6.55. The van der Waals surface area contributed by atoms with Gasteiger partial charge in [0.25, 0.3) is 5.91 Å². The summed E-state index contributed by atoms with van der Waals surface area (Å²) >= 11 is 1.50. The summed E-state index contributed by atoms with van der Waals surface area (Å²) in [5, 5.41) is 3.54. The number of ether oxygens (including phenoxy) is 1. The third-order valence-electron chi connectivity index (χ3n) is 5.38. The molecule has 0 fully saturated rings. The number of amides is 1. The van der Waals surface area contributed by atoms with Gasteiger partial charge >= 0.3 is 5.97 Å². The SMILES string of the molecule is COC(=O)c1c(NC(=O)c2ccc(-c3ccccc3)cc2)sc2c1CC[C@H](C)C2. The molecule has 2 aromatic carbocycles. The van der Waals surface area contributed by atoms with E-state index in [-0.39, 0.29) is 11.9 Å². The number of carbonyl (C=O) groups excluding carboxylic acids is 2. The summed E-state index contributed by atoms with van der Waals surface area (Å²) in [6, 6.07) is 17.5. The van der Waals surface area contributed by atoms with Crippen LogP contribution < -0.4 is 5.32 Å². The number of carbonyl (C=O) groups is 2. The summed E-state index contributed by atoms with van der Waals surface area (Å²) in [5.41, 5.74) is 4.27. The molecule has 1 atom stereocenters. The van der Waals surface area contributed by atoms with Gasteiger partial charge in [0.05, 0.1) is 12.7 Å². The van der Waals surface area contributed by atoms with Crippen LogP contribution in [-0.4, -0.2) is 19.0 Å². The van der Waals surface area contributed by atoms with E-state index in [1.165, 1.54) is 23.3 Å². The molecule has 1 aromatic heterocycles. The van der Waals surface area contributed by atoms with Crippen molar-refractivity contribution in [2.24, 2.45) is 5.92 Å². The van der Waals surface area contributed by atoms with E-state index < -0.39 is 0 Å². The molecule has 1 aliphatic rings. The number of hydrogen-bond donors (Lipinski definition) is 1. The van der Waals surface area contributed by atoms with Crippen LogP contribution in [0.25, 0.3) is 11.1 Å². The smallest absolute Gasteiger partial charge is 0.341 e. The minimum absolute atomic E-state index is 0.221. The Bertz CT molecular complexity index is 1040. The molecule has 1 aliphatic carbocycles. The van der Waals surface area contributed by atoms with Gasteiger partial charge in [0.1, 0.15) is 5.00 Å². The molecule has 0 saturated carbocycles. The van der Waals surface area contributed by atoms with Crippen molar-refractivity contribution in [2.75, 3.05) is 12.4 Å². The Hall–Kier alpha value is -2.92. The van der Waals surface area contributed by atoms with E-state index in [9.17, 15) is 9.59 Å². The number of thiophene rings is 1. The summed E-state index contributed by atoms with van der Waals surface area (Å²) in [6.07, 6.45) is 2.83. The molecule has 4 rings (SSSR count). The highest BCUT2D eigenvalue weighted by Gasteiger charge is 2.29. The molecular formula is C24H23NO3S. The molecule has 1 heterocycles. The van der Waals surface area contributed by atoms with Crippen LogP contribution in [0, 0.1) is 5.92 Å². The molecule has 148 valence electrons. The van der Waals surface area contributed by atoms with E-state index in [0.717, 1.165) is 36.0 Å². The van der Waals surface area contributed by atoms with Crippen molar-refractivity contribution >= 4 is 28.2 Å². The average Bonchev–Trinajstić information content (AvgIpc) is 3.10. The molecule has 5 heteroatoms. The van der Waals surface area contributed by atoms with Gasteiger partial charge in [-0.2, -0.15) is 0 Å². The predicted molar refractivity (Wildman–Crippen MR) is 117 cm³/mol. The first-order valence-electron chi connectivity index (χ1n) is 9.76. The second kappa shape index (κ2) is 8.21. The molecule has 0 radical (unpaired) electrons. The van der Waals surface area contributed by atoms with Crippen molar-refractivity contribution in [3.8, 4) is 11.1 Å². The lowest BCUT2D eigenvalue weighted by atomic mass is 9.88. The van der Waals surface area contributed by atoms with E-state index >= 15 is 0 Å². The summed E-state index contributed by atoms with van der Waals surface area (Å²) in [5.74, 6) is -0.0195. The second-order valence-corrected chi connectivity index (χ2v) is 8.55. The monoisotopic (exact) mass is 405 g/mol. The molecule has 1 amide bonds. The first-order chi connectivity index (χ1) is 14.1. The van der Waals surface area contributed by atoms with Gasteiger partial charge in [0, 0.05) is 10.4 Å². The quantitative estimate of drug-likeness (QED) is 0.577. The topological polar surface area (TPSA) is 55.4 Å². The van der Waals surface area contributed by atoms with Crippen molar-refractivity contribution in [2.45, 2.75) is 26.2 Å². The maximum Gasteiger partial charge on any atom is 0.341 e. The summed E-state index contributed by atoms with van der Waals surface area (Å²) in [4.78, 5) is 26.4. The van der Waals surface area contributed by atoms with Crippen LogP contribution in [-0.2, 0) is 17.6 Å². The number of anilines is 1. The van der Waals surface area contributed by atoms with E-state index in [1.807, 2.05) is 54.6 Å². The number of hydrogen-bond acceptors (Lipinski definition) is 4. The third kappa shape index (κ3) is 3.96. The maximum absolute atomic E-state index is 12.8. The molecule has 0 bridgehead atoms. The van der Waals surface area contributed by atoms with E-state index in [4.69, 9.17) is 4.74 Å². The first-order valence-corrected chi connectivity index (χ1v) is 10.6. The van der Waals surface area contributed by atoms with Crippen LogP contribution in [0.1, 0.15) is 44.5 Å². The number of esters is 1. The molecule has 1 N–H and O–H groups in total. The Balaban J connectivity index is 1.59. The lowest BCUT2D eigenvalue weighted by Crippen LogP contribution is -2.16. The van der Waals surface area contributed by atoms with Crippen molar-refractivity contribution in [3.05, 3.63) is 76.2 Å². The van der Waals surface area contributed by atoms with Gasteiger partial charge in [-0.3, -0.25) is 4.79 Å². The molecule has 0 aliphatic heterocycles. The lowest BCUT2D eigenvalue weighted by Gasteiger charge is -2.18. The van der Waals surface area contributed by atoms with Gasteiger partial charge in [-0.25, -0.2) is 4.79 Å². The largest absolute Gasteiger partial charge is 0.465 e. The van der Waals surface area contributed by atoms with Crippen LogP contribution in [0.4, 0.5) is 5.00 Å². The summed E-state index contributed by atoms with van der Waals surface area (Å²) in [7, 11) is 1.38. The minimum atomic E-state index is -0.383. The Morgan fingerprint density at radius 3 is 2.41 bits per heavy atom. The fourth-order valence-electron chi connectivity index (χ4n) is 3.78. The van der Waals surface area contributed by atoms with Crippen LogP contribution in [0.2, 0.25) is 0 Å². The minimum Gasteiger partial charge on any atom is -0.465 e. The Morgan fingerprint density at radius 1 is 1.03 bits per heavy atom. The zero-order valence-electron chi connectivity index (χ0n) is 16.5. The number of rotatable bonds is 4. The van der Waals surface area contributed by atoms with E-state index in [2.05, 4.69) is 12.2 Å². The van der Waals surface area contributed by atoms with Gasteiger partial charge in [0.2, 0.25) is 0 Å². The number of methoxy groups -OCH3 is 1.